The van der Waals surface area contributed by atoms with Crippen molar-refractivity contribution in [3.63, 3.8) is 0 Å². The normalized spacial score (nSPS) is 18.4. The van der Waals surface area contributed by atoms with E-state index in [0.29, 0.717) is 38.0 Å². The molecule has 0 saturated carbocycles. The van der Waals surface area contributed by atoms with Gasteiger partial charge in [-0.05, 0) is 45.7 Å². The lowest BCUT2D eigenvalue weighted by Crippen LogP contribution is -2.41. The number of rotatable bonds is 3. The molecule has 0 spiro atoms. The van der Waals surface area contributed by atoms with Crippen molar-refractivity contribution < 1.29 is 18.8 Å². The van der Waals surface area contributed by atoms with Crippen LogP contribution in [0.15, 0.2) is 28.9 Å². The molecule has 2 fully saturated rings. The minimum Gasteiger partial charge on any atom is -0.444 e. The van der Waals surface area contributed by atoms with Crippen LogP contribution in [0.1, 0.15) is 51.4 Å². The van der Waals surface area contributed by atoms with Crippen LogP contribution >= 0.6 is 0 Å². The van der Waals surface area contributed by atoms with Gasteiger partial charge in [-0.25, -0.2) is 4.79 Å². The van der Waals surface area contributed by atoms with Crippen LogP contribution in [0.4, 0.5) is 4.79 Å². The highest BCUT2D eigenvalue weighted by Crippen LogP contribution is 2.31. The summed E-state index contributed by atoms with van der Waals surface area (Å²) in [6, 6.07) is 6.33. The molecule has 0 N–H and O–H groups in total. The molecule has 2 aliphatic heterocycles. The Morgan fingerprint density at radius 2 is 1.97 bits per heavy atom. The van der Waals surface area contributed by atoms with E-state index in [4.69, 9.17) is 14.0 Å². The highest BCUT2D eigenvalue weighted by molar-refractivity contribution is 5.83. The van der Waals surface area contributed by atoms with Crippen molar-refractivity contribution in [2.24, 2.45) is 0 Å². The molecular formula is C22H27N5O4. The molecule has 0 atom stereocenters. The Morgan fingerprint density at radius 1 is 1.19 bits per heavy atom. The number of piperidine rings is 1. The van der Waals surface area contributed by atoms with Crippen molar-refractivity contribution in [3.8, 4) is 11.5 Å². The van der Waals surface area contributed by atoms with Gasteiger partial charge in [-0.3, -0.25) is 4.68 Å². The van der Waals surface area contributed by atoms with Gasteiger partial charge in [-0.1, -0.05) is 11.2 Å². The molecule has 1 amide bonds. The zero-order valence-electron chi connectivity index (χ0n) is 18.1. The molecule has 9 nitrogen and oxygen atoms in total. The zero-order valence-corrected chi connectivity index (χ0v) is 18.1. The molecule has 2 saturated heterocycles. The molecule has 1 aromatic carbocycles. The average molecular weight is 425 g/mol. The first-order chi connectivity index (χ1) is 14.9. The number of carbonyl (C=O) groups excluding carboxylic acids is 1. The van der Waals surface area contributed by atoms with E-state index in [0.717, 1.165) is 29.3 Å². The molecule has 9 heteroatoms. The molecule has 2 aliphatic rings. The van der Waals surface area contributed by atoms with Crippen molar-refractivity contribution >= 4 is 17.0 Å². The quantitative estimate of drug-likeness (QED) is 0.630. The van der Waals surface area contributed by atoms with Crippen LogP contribution in [0.3, 0.4) is 0 Å². The van der Waals surface area contributed by atoms with Gasteiger partial charge in [0.25, 0.3) is 5.89 Å². The lowest BCUT2D eigenvalue weighted by atomic mass is 9.96. The second-order valence-electron chi connectivity index (χ2n) is 9.25. The average Bonchev–Trinajstić information content (AvgIpc) is 3.33. The van der Waals surface area contributed by atoms with Crippen LogP contribution in [0, 0.1) is 0 Å². The molecule has 164 valence electrons. The molecule has 5 rings (SSSR count). The predicted molar refractivity (Wildman–Crippen MR) is 113 cm³/mol. The van der Waals surface area contributed by atoms with E-state index in [1.807, 2.05) is 49.8 Å². The van der Waals surface area contributed by atoms with Gasteiger partial charge >= 0.3 is 6.09 Å². The number of ether oxygens (including phenoxy) is 2. The highest BCUT2D eigenvalue weighted by Gasteiger charge is 2.30. The Balaban J connectivity index is 1.28. The van der Waals surface area contributed by atoms with E-state index in [-0.39, 0.29) is 18.1 Å². The van der Waals surface area contributed by atoms with E-state index in [2.05, 4.69) is 15.2 Å². The second-order valence-corrected chi connectivity index (χ2v) is 9.25. The third kappa shape index (κ3) is 4.01. The van der Waals surface area contributed by atoms with Gasteiger partial charge in [0.15, 0.2) is 5.82 Å². The number of aromatic nitrogens is 4. The number of carbonyl (C=O) groups is 1. The van der Waals surface area contributed by atoms with E-state index in [1.165, 1.54) is 0 Å². The van der Waals surface area contributed by atoms with Crippen molar-refractivity contribution in [2.75, 3.05) is 26.3 Å². The van der Waals surface area contributed by atoms with Crippen molar-refractivity contribution in [2.45, 2.75) is 51.2 Å². The summed E-state index contributed by atoms with van der Waals surface area (Å²) in [5, 5.41) is 9.81. The van der Waals surface area contributed by atoms with E-state index in [9.17, 15) is 4.79 Å². The molecule has 31 heavy (non-hydrogen) atoms. The summed E-state index contributed by atoms with van der Waals surface area (Å²) in [5.41, 5.74) is 1.43. The van der Waals surface area contributed by atoms with Crippen molar-refractivity contribution in [1.82, 2.24) is 24.8 Å². The Labute approximate surface area is 180 Å². The van der Waals surface area contributed by atoms with Crippen LogP contribution in [0.5, 0.6) is 0 Å². The SMILES string of the molecule is CC(C)(C)OC(=O)N1CCC(c2noc(-c3ccc4cnn(C5COC5)c4c3)n2)CC1. The van der Waals surface area contributed by atoms with Crippen LogP contribution in [0.25, 0.3) is 22.4 Å². The second kappa shape index (κ2) is 7.64. The molecule has 0 bridgehead atoms. The molecule has 4 heterocycles. The summed E-state index contributed by atoms with van der Waals surface area (Å²) in [6.07, 6.45) is 3.17. The van der Waals surface area contributed by atoms with E-state index >= 15 is 0 Å². The number of benzene rings is 1. The van der Waals surface area contributed by atoms with Crippen LogP contribution in [-0.2, 0) is 9.47 Å². The third-order valence-corrected chi connectivity index (χ3v) is 5.77. The number of likely N-dealkylation sites (tertiary alicyclic amines) is 1. The monoisotopic (exact) mass is 425 g/mol. The van der Waals surface area contributed by atoms with Gasteiger partial charge in [0.05, 0.1) is 31.0 Å². The van der Waals surface area contributed by atoms with Gasteiger partial charge in [0.1, 0.15) is 5.60 Å². The van der Waals surface area contributed by atoms with Crippen LogP contribution in [0.2, 0.25) is 0 Å². The number of hydrogen-bond acceptors (Lipinski definition) is 7. The summed E-state index contributed by atoms with van der Waals surface area (Å²) < 4.78 is 18.4. The largest absolute Gasteiger partial charge is 0.444 e. The van der Waals surface area contributed by atoms with Gasteiger partial charge in [0.2, 0.25) is 0 Å². The highest BCUT2D eigenvalue weighted by atomic mass is 16.6. The fraction of sp³-hybridized carbons (Fsp3) is 0.545. The summed E-state index contributed by atoms with van der Waals surface area (Å²) in [6.45, 7) is 8.26. The first-order valence-corrected chi connectivity index (χ1v) is 10.7. The molecule has 3 aromatic rings. The van der Waals surface area contributed by atoms with Gasteiger partial charge in [-0.15, -0.1) is 0 Å². The minimum atomic E-state index is -0.487. The van der Waals surface area contributed by atoms with Crippen molar-refractivity contribution in [1.29, 1.82) is 0 Å². The number of hydrogen-bond donors (Lipinski definition) is 0. The molecule has 0 unspecified atom stereocenters. The first-order valence-electron chi connectivity index (χ1n) is 10.7. The first kappa shape index (κ1) is 20.0. The van der Waals surface area contributed by atoms with Crippen LogP contribution in [-0.4, -0.2) is 62.8 Å². The topological polar surface area (TPSA) is 95.5 Å². The van der Waals surface area contributed by atoms with E-state index in [1.54, 1.807) is 4.90 Å². The van der Waals surface area contributed by atoms with Crippen LogP contribution < -0.4 is 0 Å². The Bertz CT molecular complexity index is 1090. The lowest BCUT2D eigenvalue weighted by molar-refractivity contribution is -0.0266. The zero-order chi connectivity index (χ0) is 21.6. The fourth-order valence-electron chi connectivity index (χ4n) is 3.99. The lowest BCUT2D eigenvalue weighted by Gasteiger charge is -2.32. The minimum absolute atomic E-state index is 0.164. The number of amides is 1. The Morgan fingerprint density at radius 3 is 2.65 bits per heavy atom. The summed E-state index contributed by atoms with van der Waals surface area (Å²) >= 11 is 0. The van der Waals surface area contributed by atoms with Crippen molar-refractivity contribution in [3.05, 3.63) is 30.2 Å². The number of fused-ring (bicyclic) bond motifs is 1. The standard InChI is InChI=1S/C22H27N5O4/c1-22(2,3)30-21(28)26-8-6-14(7-9-26)19-24-20(31-25-19)15-4-5-16-11-23-27(18(16)10-15)17-12-29-13-17/h4-5,10-11,14,17H,6-9,12-13H2,1-3H3. The van der Waals surface area contributed by atoms with Gasteiger partial charge < -0.3 is 18.9 Å². The fourth-order valence-corrected chi connectivity index (χ4v) is 3.99. The predicted octanol–water partition coefficient (Wildman–Crippen LogP) is 3.77. The maximum Gasteiger partial charge on any atom is 0.410 e. The molecule has 0 radical (unpaired) electrons. The molecule has 2 aromatic heterocycles. The Hall–Kier alpha value is -2.94. The van der Waals surface area contributed by atoms with Gasteiger partial charge in [-0.2, -0.15) is 10.1 Å². The number of nitrogens with zero attached hydrogens (tertiary/aromatic N) is 5. The smallest absolute Gasteiger partial charge is 0.410 e. The Kier molecular flexibility index (Phi) is 4.92. The summed E-state index contributed by atoms with van der Waals surface area (Å²) in [5.74, 6) is 1.36. The van der Waals surface area contributed by atoms with Gasteiger partial charge in [0, 0.05) is 30.0 Å². The maximum absolute atomic E-state index is 12.3. The maximum atomic E-state index is 12.3. The summed E-state index contributed by atoms with van der Waals surface area (Å²) in [4.78, 5) is 18.7. The molecular weight excluding hydrogens is 398 g/mol. The summed E-state index contributed by atoms with van der Waals surface area (Å²) in [7, 11) is 0. The third-order valence-electron chi connectivity index (χ3n) is 5.77. The molecule has 0 aliphatic carbocycles. The van der Waals surface area contributed by atoms with E-state index < -0.39 is 5.60 Å².